The molecule has 0 saturated carbocycles. The van der Waals surface area contributed by atoms with Gasteiger partial charge in [0.2, 0.25) is 0 Å². The molecule has 1 rings (SSSR count). The van der Waals surface area contributed by atoms with Crippen LogP contribution in [0.15, 0.2) is 24.3 Å². The number of hydrazine groups is 1. The summed E-state index contributed by atoms with van der Waals surface area (Å²) in [4.78, 5) is 0. The molecule has 18 heavy (non-hydrogen) atoms. The van der Waals surface area contributed by atoms with Crippen LogP contribution in [0.25, 0.3) is 0 Å². The number of rotatable bonds is 7. The SMILES string of the molecule is CCOC(C(C)C)C(NN)c1cccc(OC)c1. The molecule has 2 unspecified atom stereocenters. The van der Waals surface area contributed by atoms with Crippen LogP contribution in [0.4, 0.5) is 0 Å². The molecule has 0 fully saturated rings. The van der Waals surface area contributed by atoms with Gasteiger partial charge < -0.3 is 9.47 Å². The number of hydrogen-bond donors (Lipinski definition) is 2. The predicted octanol–water partition coefficient (Wildman–Crippen LogP) is 2.26. The lowest BCUT2D eigenvalue weighted by Crippen LogP contribution is -2.40. The van der Waals surface area contributed by atoms with E-state index in [0.717, 1.165) is 11.3 Å². The van der Waals surface area contributed by atoms with Crippen molar-refractivity contribution >= 4 is 0 Å². The second-order valence-corrected chi connectivity index (χ2v) is 4.58. The Kier molecular flexibility index (Phi) is 6.12. The summed E-state index contributed by atoms with van der Waals surface area (Å²) in [6.07, 6.45) is 0.0344. The van der Waals surface area contributed by atoms with Crippen LogP contribution in [0, 0.1) is 5.92 Å². The molecular formula is C14H24N2O2. The van der Waals surface area contributed by atoms with Crippen LogP contribution in [0.2, 0.25) is 0 Å². The summed E-state index contributed by atoms with van der Waals surface area (Å²) >= 11 is 0. The van der Waals surface area contributed by atoms with Gasteiger partial charge in [-0.3, -0.25) is 11.3 Å². The van der Waals surface area contributed by atoms with Crippen LogP contribution < -0.4 is 16.0 Å². The van der Waals surface area contributed by atoms with E-state index in [9.17, 15) is 0 Å². The first-order valence-corrected chi connectivity index (χ1v) is 6.35. The van der Waals surface area contributed by atoms with Crippen LogP contribution in [-0.2, 0) is 4.74 Å². The zero-order chi connectivity index (χ0) is 13.5. The summed E-state index contributed by atoms with van der Waals surface area (Å²) in [5, 5.41) is 0. The Hall–Kier alpha value is -1.10. The first-order valence-electron chi connectivity index (χ1n) is 6.35. The van der Waals surface area contributed by atoms with E-state index in [-0.39, 0.29) is 12.1 Å². The number of nitrogens with one attached hydrogen (secondary N) is 1. The van der Waals surface area contributed by atoms with Gasteiger partial charge in [0.05, 0.1) is 19.3 Å². The van der Waals surface area contributed by atoms with Crippen molar-refractivity contribution in [1.82, 2.24) is 5.43 Å². The van der Waals surface area contributed by atoms with Crippen LogP contribution >= 0.6 is 0 Å². The third-order valence-electron chi connectivity index (χ3n) is 2.98. The first-order chi connectivity index (χ1) is 8.63. The molecule has 0 heterocycles. The molecule has 4 heteroatoms. The fourth-order valence-corrected chi connectivity index (χ4v) is 2.08. The molecule has 0 amide bonds. The molecule has 0 aliphatic heterocycles. The van der Waals surface area contributed by atoms with E-state index >= 15 is 0 Å². The fourth-order valence-electron chi connectivity index (χ4n) is 2.08. The van der Waals surface area contributed by atoms with Gasteiger partial charge >= 0.3 is 0 Å². The van der Waals surface area contributed by atoms with Crippen LogP contribution in [0.1, 0.15) is 32.4 Å². The van der Waals surface area contributed by atoms with Crippen molar-refractivity contribution in [1.29, 1.82) is 0 Å². The van der Waals surface area contributed by atoms with Crippen LogP contribution in [-0.4, -0.2) is 19.8 Å². The maximum Gasteiger partial charge on any atom is 0.119 e. The van der Waals surface area contributed by atoms with Gasteiger partial charge in [-0.25, -0.2) is 0 Å². The maximum absolute atomic E-state index is 5.80. The minimum Gasteiger partial charge on any atom is -0.497 e. The molecule has 1 aromatic rings. The van der Waals surface area contributed by atoms with E-state index in [0.29, 0.717) is 12.5 Å². The van der Waals surface area contributed by atoms with Crippen molar-refractivity contribution in [2.75, 3.05) is 13.7 Å². The van der Waals surface area contributed by atoms with Crippen molar-refractivity contribution in [3.8, 4) is 5.75 Å². The summed E-state index contributed by atoms with van der Waals surface area (Å²) in [6.45, 7) is 6.93. The second-order valence-electron chi connectivity index (χ2n) is 4.58. The van der Waals surface area contributed by atoms with E-state index in [2.05, 4.69) is 19.3 Å². The Balaban J connectivity index is 2.98. The third kappa shape index (κ3) is 3.70. The van der Waals surface area contributed by atoms with Crippen LogP contribution in [0.5, 0.6) is 5.75 Å². The molecule has 0 aromatic heterocycles. The predicted molar refractivity (Wildman–Crippen MR) is 73.3 cm³/mol. The molecule has 3 N–H and O–H groups in total. The molecular weight excluding hydrogens is 228 g/mol. The second kappa shape index (κ2) is 7.36. The minimum atomic E-state index is -0.0416. The Bertz CT molecular complexity index is 355. The van der Waals surface area contributed by atoms with Crippen molar-refractivity contribution in [3.63, 3.8) is 0 Å². The fraction of sp³-hybridized carbons (Fsp3) is 0.571. The maximum atomic E-state index is 5.80. The zero-order valence-electron chi connectivity index (χ0n) is 11.6. The zero-order valence-corrected chi connectivity index (χ0v) is 11.6. The van der Waals surface area contributed by atoms with Crippen LogP contribution in [0.3, 0.4) is 0 Å². The molecule has 1 aromatic carbocycles. The number of benzene rings is 1. The third-order valence-corrected chi connectivity index (χ3v) is 2.98. The normalized spacial score (nSPS) is 14.6. The van der Waals surface area contributed by atoms with E-state index in [1.807, 2.05) is 31.2 Å². The smallest absolute Gasteiger partial charge is 0.119 e. The lowest BCUT2D eigenvalue weighted by atomic mass is 9.94. The van der Waals surface area contributed by atoms with Gasteiger partial charge in [0, 0.05) is 6.61 Å². The van der Waals surface area contributed by atoms with E-state index in [1.165, 1.54) is 0 Å². The van der Waals surface area contributed by atoms with Gasteiger partial charge in [0.25, 0.3) is 0 Å². The number of nitrogens with two attached hydrogens (primary N) is 1. The van der Waals surface area contributed by atoms with Crippen molar-refractivity contribution in [2.24, 2.45) is 11.8 Å². The highest BCUT2D eigenvalue weighted by atomic mass is 16.5. The Morgan fingerprint density at radius 3 is 2.56 bits per heavy atom. The quantitative estimate of drug-likeness (QED) is 0.577. The highest BCUT2D eigenvalue weighted by molar-refractivity contribution is 5.31. The van der Waals surface area contributed by atoms with Gasteiger partial charge in [-0.1, -0.05) is 26.0 Å². The molecule has 0 radical (unpaired) electrons. The highest BCUT2D eigenvalue weighted by Crippen LogP contribution is 2.26. The topological polar surface area (TPSA) is 56.5 Å². The lowest BCUT2D eigenvalue weighted by Gasteiger charge is -2.30. The number of methoxy groups -OCH3 is 1. The molecule has 102 valence electrons. The molecule has 0 bridgehead atoms. The van der Waals surface area contributed by atoms with Crippen molar-refractivity contribution < 1.29 is 9.47 Å². The number of hydrogen-bond acceptors (Lipinski definition) is 4. The first kappa shape index (κ1) is 15.0. The Labute approximate surface area is 109 Å². The molecule has 2 atom stereocenters. The van der Waals surface area contributed by atoms with Gasteiger partial charge in [0.1, 0.15) is 5.75 Å². The molecule has 0 aliphatic carbocycles. The van der Waals surface area contributed by atoms with E-state index in [1.54, 1.807) is 7.11 Å². The Morgan fingerprint density at radius 2 is 2.06 bits per heavy atom. The highest BCUT2D eigenvalue weighted by Gasteiger charge is 2.25. The van der Waals surface area contributed by atoms with Gasteiger partial charge in [-0.2, -0.15) is 0 Å². The summed E-state index contributed by atoms with van der Waals surface area (Å²) in [5.74, 6) is 6.89. The largest absolute Gasteiger partial charge is 0.497 e. The standard InChI is InChI=1S/C14H24N2O2/c1-5-18-14(10(2)3)13(16-15)11-7-6-8-12(9-11)17-4/h6-10,13-14,16H,5,15H2,1-4H3. The van der Waals surface area contributed by atoms with Crippen molar-refractivity contribution in [3.05, 3.63) is 29.8 Å². The molecule has 0 aliphatic rings. The average Bonchev–Trinajstić information content (AvgIpc) is 2.38. The Morgan fingerprint density at radius 1 is 1.33 bits per heavy atom. The summed E-state index contributed by atoms with van der Waals surface area (Å²) in [6, 6.07) is 7.85. The molecule has 0 spiro atoms. The molecule has 4 nitrogen and oxygen atoms in total. The summed E-state index contributed by atoms with van der Waals surface area (Å²) in [5.41, 5.74) is 3.93. The minimum absolute atomic E-state index is 0.0344. The average molecular weight is 252 g/mol. The molecule has 0 saturated heterocycles. The summed E-state index contributed by atoms with van der Waals surface area (Å²) < 4.78 is 11.0. The number of ether oxygens (including phenoxy) is 2. The van der Waals surface area contributed by atoms with Gasteiger partial charge in [-0.15, -0.1) is 0 Å². The lowest BCUT2D eigenvalue weighted by molar-refractivity contribution is 0.00274. The van der Waals surface area contributed by atoms with E-state index < -0.39 is 0 Å². The van der Waals surface area contributed by atoms with Crippen molar-refractivity contribution in [2.45, 2.75) is 32.9 Å². The van der Waals surface area contributed by atoms with E-state index in [4.69, 9.17) is 15.3 Å². The van der Waals surface area contributed by atoms with Gasteiger partial charge in [0.15, 0.2) is 0 Å². The monoisotopic (exact) mass is 252 g/mol. The summed E-state index contributed by atoms with van der Waals surface area (Å²) in [7, 11) is 1.66. The van der Waals surface area contributed by atoms with Gasteiger partial charge in [-0.05, 0) is 30.5 Å².